The molecule has 0 aliphatic carbocycles. The van der Waals surface area contributed by atoms with E-state index in [4.69, 9.17) is 11.6 Å². The molecule has 144 valence electrons. The molecule has 0 unspecified atom stereocenters. The van der Waals surface area contributed by atoms with Crippen molar-refractivity contribution in [1.29, 1.82) is 0 Å². The Kier molecular flexibility index (Phi) is 5.48. The highest BCUT2D eigenvalue weighted by Gasteiger charge is 2.32. The van der Waals surface area contributed by atoms with Crippen molar-refractivity contribution in [3.8, 4) is 0 Å². The Bertz CT molecular complexity index is 850. The predicted octanol–water partition coefficient (Wildman–Crippen LogP) is 1.25. The summed E-state index contributed by atoms with van der Waals surface area (Å²) in [6.07, 6.45) is 2.45. The van der Waals surface area contributed by atoms with E-state index in [1.54, 1.807) is 36.0 Å². The average Bonchev–Trinajstić information content (AvgIpc) is 3.30. The van der Waals surface area contributed by atoms with Gasteiger partial charge in [0.15, 0.2) is 0 Å². The second-order valence-corrected chi connectivity index (χ2v) is 7.57. The number of rotatable bonds is 5. The molecule has 8 nitrogen and oxygen atoms in total. The van der Waals surface area contributed by atoms with Crippen LogP contribution in [0, 0.1) is 0 Å². The number of likely N-dealkylation sites (N-methyl/N-ethyl adjacent to an activating group) is 1. The quantitative estimate of drug-likeness (QED) is 0.713. The molecule has 3 rings (SSSR count). The predicted molar refractivity (Wildman–Crippen MR) is 101 cm³/mol. The lowest BCUT2D eigenvalue weighted by Crippen LogP contribution is -2.41. The lowest BCUT2D eigenvalue weighted by molar-refractivity contribution is -0.122. The van der Waals surface area contributed by atoms with Crippen LogP contribution in [0.3, 0.4) is 0 Å². The zero-order valence-electron chi connectivity index (χ0n) is 15.5. The van der Waals surface area contributed by atoms with Crippen molar-refractivity contribution in [2.45, 2.75) is 37.9 Å². The molecular formula is C18H23ClN6O2. The molecule has 1 aliphatic rings. The maximum Gasteiger partial charge on any atom is 0.252 e. The minimum absolute atomic E-state index is 0.0352. The third kappa shape index (κ3) is 4.28. The summed E-state index contributed by atoms with van der Waals surface area (Å²) >= 11 is 5.96. The molecule has 0 spiro atoms. The highest BCUT2D eigenvalue weighted by molar-refractivity contribution is 6.30. The Hall–Kier alpha value is -2.45. The maximum atomic E-state index is 12.5. The van der Waals surface area contributed by atoms with E-state index < -0.39 is 5.54 Å². The van der Waals surface area contributed by atoms with Crippen molar-refractivity contribution in [2.24, 2.45) is 0 Å². The summed E-state index contributed by atoms with van der Waals surface area (Å²) in [5, 5.41) is 17.7. The average molecular weight is 391 g/mol. The van der Waals surface area contributed by atoms with Crippen molar-refractivity contribution in [3.63, 3.8) is 0 Å². The zero-order chi connectivity index (χ0) is 19.6. The van der Waals surface area contributed by atoms with Crippen molar-refractivity contribution < 1.29 is 9.59 Å². The molecule has 1 aromatic heterocycles. The molecule has 1 aliphatic heterocycles. The van der Waals surface area contributed by atoms with Gasteiger partial charge >= 0.3 is 0 Å². The zero-order valence-corrected chi connectivity index (χ0v) is 16.2. The van der Waals surface area contributed by atoms with E-state index in [1.165, 1.54) is 0 Å². The Morgan fingerprint density at radius 3 is 2.85 bits per heavy atom. The molecule has 1 aromatic carbocycles. The summed E-state index contributed by atoms with van der Waals surface area (Å²) in [5.41, 5.74) is 0.404. The topological polar surface area (TPSA) is 101 Å². The number of nitrogens with zero attached hydrogens (tertiary/aromatic N) is 3. The van der Waals surface area contributed by atoms with E-state index in [-0.39, 0.29) is 23.9 Å². The number of amides is 2. The molecule has 2 atom stereocenters. The highest BCUT2D eigenvalue weighted by Crippen LogP contribution is 2.23. The van der Waals surface area contributed by atoms with E-state index in [0.717, 1.165) is 0 Å². The Labute approximate surface area is 162 Å². The first kappa shape index (κ1) is 19.3. The number of hydrogen-bond donors (Lipinski definition) is 3. The lowest BCUT2D eigenvalue weighted by Gasteiger charge is -2.23. The second kappa shape index (κ2) is 7.66. The van der Waals surface area contributed by atoms with Crippen LogP contribution < -0.4 is 16.0 Å². The molecule has 2 heterocycles. The first-order valence-corrected chi connectivity index (χ1v) is 9.13. The highest BCUT2D eigenvalue weighted by atomic mass is 35.5. The van der Waals surface area contributed by atoms with Crippen LogP contribution in [0.5, 0.6) is 0 Å². The molecule has 0 bridgehead atoms. The second-order valence-electron chi connectivity index (χ2n) is 7.14. The van der Waals surface area contributed by atoms with Gasteiger partial charge in [-0.15, -0.1) is 5.10 Å². The fourth-order valence-corrected chi connectivity index (χ4v) is 3.27. The van der Waals surface area contributed by atoms with Gasteiger partial charge in [0.25, 0.3) is 5.91 Å². The molecule has 0 saturated carbocycles. The van der Waals surface area contributed by atoms with Crippen LogP contribution in [0.15, 0.2) is 30.5 Å². The van der Waals surface area contributed by atoms with Gasteiger partial charge in [0, 0.05) is 24.2 Å². The van der Waals surface area contributed by atoms with Gasteiger partial charge in [0.05, 0.1) is 23.8 Å². The smallest absolute Gasteiger partial charge is 0.252 e. The van der Waals surface area contributed by atoms with Crippen molar-refractivity contribution in [3.05, 3.63) is 46.7 Å². The van der Waals surface area contributed by atoms with Crippen molar-refractivity contribution in [1.82, 2.24) is 30.9 Å². The number of carbonyl (C=O) groups excluding carboxylic acids is 2. The van der Waals surface area contributed by atoms with Gasteiger partial charge in [-0.25, -0.2) is 4.68 Å². The number of aromatic nitrogens is 3. The fraction of sp³-hybridized carbons (Fsp3) is 0.444. The lowest BCUT2D eigenvalue weighted by atomic mass is 10.0. The van der Waals surface area contributed by atoms with Crippen molar-refractivity contribution >= 4 is 23.4 Å². The van der Waals surface area contributed by atoms with E-state index in [9.17, 15) is 9.59 Å². The van der Waals surface area contributed by atoms with Crippen LogP contribution in [0.25, 0.3) is 0 Å². The molecular weight excluding hydrogens is 368 g/mol. The van der Waals surface area contributed by atoms with Gasteiger partial charge in [-0.05, 0) is 38.5 Å². The largest absolute Gasteiger partial charge is 0.358 e. The molecule has 9 heteroatoms. The van der Waals surface area contributed by atoms with Gasteiger partial charge in [0.2, 0.25) is 5.91 Å². The van der Waals surface area contributed by atoms with E-state index in [0.29, 0.717) is 29.2 Å². The van der Waals surface area contributed by atoms with Crippen LogP contribution in [0.1, 0.15) is 42.4 Å². The van der Waals surface area contributed by atoms with E-state index in [2.05, 4.69) is 26.3 Å². The molecule has 1 fully saturated rings. The van der Waals surface area contributed by atoms with Crippen LogP contribution in [0.2, 0.25) is 5.02 Å². The number of carbonyl (C=O) groups is 2. The summed E-state index contributed by atoms with van der Waals surface area (Å²) in [4.78, 5) is 24.3. The maximum absolute atomic E-state index is 12.5. The minimum Gasteiger partial charge on any atom is -0.358 e. The normalized spacial score (nSPS) is 19.7. The SMILES string of the molecule is CNC(=O)[C@@H]1C[C@@H](n2cc(C(C)(C)NC(=O)c3cccc(Cl)c3)nn2)CN1. The van der Waals surface area contributed by atoms with Gasteiger partial charge in [-0.3, -0.25) is 9.59 Å². The van der Waals surface area contributed by atoms with Crippen LogP contribution in [-0.4, -0.2) is 46.4 Å². The third-order valence-electron chi connectivity index (χ3n) is 4.71. The van der Waals surface area contributed by atoms with Gasteiger partial charge < -0.3 is 16.0 Å². The van der Waals surface area contributed by atoms with E-state index in [1.807, 2.05) is 20.0 Å². The number of nitrogens with one attached hydrogen (secondary N) is 3. The molecule has 3 N–H and O–H groups in total. The summed E-state index contributed by atoms with van der Waals surface area (Å²) in [7, 11) is 1.62. The first-order valence-electron chi connectivity index (χ1n) is 8.75. The molecule has 0 radical (unpaired) electrons. The van der Waals surface area contributed by atoms with E-state index >= 15 is 0 Å². The molecule has 1 saturated heterocycles. The Morgan fingerprint density at radius 1 is 1.37 bits per heavy atom. The third-order valence-corrected chi connectivity index (χ3v) is 4.94. The fourth-order valence-electron chi connectivity index (χ4n) is 3.08. The molecule has 27 heavy (non-hydrogen) atoms. The number of benzene rings is 1. The minimum atomic E-state index is -0.718. The van der Waals surface area contributed by atoms with Crippen molar-refractivity contribution in [2.75, 3.05) is 13.6 Å². The van der Waals surface area contributed by atoms with Crippen LogP contribution in [-0.2, 0) is 10.3 Å². The Morgan fingerprint density at radius 2 is 2.15 bits per heavy atom. The van der Waals surface area contributed by atoms with Gasteiger partial charge in [-0.1, -0.05) is 22.9 Å². The molecule has 2 aromatic rings. The summed E-state index contributed by atoms with van der Waals surface area (Å²) in [6.45, 7) is 4.37. The standard InChI is InChI=1S/C18H23ClN6O2/c1-18(2,22-16(26)11-5-4-6-12(19)7-11)15-10-25(24-23-15)13-8-14(21-9-13)17(27)20-3/h4-7,10,13-14,21H,8-9H2,1-3H3,(H,20,27)(H,22,26)/t13-,14+/m1/s1. The summed E-state index contributed by atoms with van der Waals surface area (Å²) in [5.74, 6) is -0.272. The number of hydrogen-bond acceptors (Lipinski definition) is 5. The first-order chi connectivity index (χ1) is 12.8. The van der Waals surface area contributed by atoms with Crippen LogP contribution in [0.4, 0.5) is 0 Å². The van der Waals surface area contributed by atoms with Gasteiger partial charge in [0.1, 0.15) is 5.69 Å². The monoisotopic (exact) mass is 390 g/mol. The summed E-state index contributed by atoms with van der Waals surface area (Å²) in [6, 6.07) is 6.58. The summed E-state index contributed by atoms with van der Waals surface area (Å²) < 4.78 is 1.75. The van der Waals surface area contributed by atoms with Crippen LogP contribution >= 0.6 is 11.6 Å². The Balaban J connectivity index is 1.69. The number of halogens is 1. The molecule has 2 amide bonds. The van der Waals surface area contributed by atoms with Gasteiger partial charge in [-0.2, -0.15) is 0 Å².